The molecule has 0 fully saturated rings. The number of benzene rings is 1. The van der Waals surface area contributed by atoms with Crippen LogP contribution in [0.2, 0.25) is 0 Å². The van der Waals surface area contributed by atoms with Crippen LogP contribution in [0.1, 0.15) is 5.56 Å². The van der Waals surface area contributed by atoms with Gasteiger partial charge in [0.2, 0.25) is 5.91 Å². The number of hydrogen-bond acceptors (Lipinski definition) is 2. The topological polar surface area (TPSA) is 55.1 Å². The molecule has 0 radical (unpaired) electrons. The van der Waals surface area contributed by atoms with Gasteiger partial charge in [-0.15, -0.1) is 0 Å². The molecule has 1 amide bonds. The fourth-order valence-electron chi connectivity index (χ4n) is 1.07. The monoisotopic (exact) mass is 256 g/mol. The highest BCUT2D eigenvalue weighted by Crippen LogP contribution is 1.99. The van der Waals surface area contributed by atoms with Gasteiger partial charge in [-0.3, -0.25) is 4.79 Å². The molecule has 0 aliphatic rings. The molecule has 1 aromatic carbocycles. The SMILES string of the molecule is NC(=O)C(CBr)NCc1ccccc1. The van der Waals surface area contributed by atoms with Gasteiger partial charge in [0.15, 0.2) is 0 Å². The molecule has 76 valence electrons. The van der Waals surface area contributed by atoms with Crippen molar-refractivity contribution in [2.75, 3.05) is 5.33 Å². The number of rotatable bonds is 5. The van der Waals surface area contributed by atoms with E-state index < -0.39 is 0 Å². The average Bonchev–Trinajstić information content (AvgIpc) is 2.20. The number of hydrogen-bond donors (Lipinski definition) is 2. The van der Waals surface area contributed by atoms with E-state index in [1.54, 1.807) is 0 Å². The van der Waals surface area contributed by atoms with Crippen LogP contribution in [0.15, 0.2) is 30.3 Å². The first kappa shape index (κ1) is 11.2. The van der Waals surface area contributed by atoms with E-state index in [1.807, 2.05) is 30.3 Å². The van der Waals surface area contributed by atoms with Crippen molar-refractivity contribution in [3.63, 3.8) is 0 Å². The van der Waals surface area contributed by atoms with Crippen molar-refractivity contribution in [2.24, 2.45) is 5.73 Å². The van der Waals surface area contributed by atoms with Crippen LogP contribution in [0.3, 0.4) is 0 Å². The number of primary amides is 1. The third-order valence-corrected chi connectivity index (χ3v) is 2.54. The van der Waals surface area contributed by atoms with Crippen LogP contribution >= 0.6 is 15.9 Å². The standard InChI is InChI=1S/C10H13BrN2O/c11-6-9(10(12)14)13-7-8-4-2-1-3-5-8/h1-5,9,13H,6-7H2,(H2,12,14). The number of carbonyl (C=O) groups is 1. The third-order valence-electron chi connectivity index (χ3n) is 1.89. The molecular weight excluding hydrogens is 244 g/mol. The second kappa shape index (κ2) is 5.78. The van der Waals surface area contributed by atoms with Crippen LogP contribution in [0.25, 0.3) is 0 Å². The summed E-state index contributed by atoms with van der Waals surface area (Å²) in [7, 11) is 0. The van der Waals surface area contributed by atoms with E-state index in [1.165, 1.54) is 0 Å². The number of nitrogens with one attached hydrogen (secondary N) is 1. The molecule has 0 saturated carbocycles. The second-order valence-electron chi connectivity index (χ2n) is 2.98. The molecule has 0 bridgehead atoms. The molecule has 0 spiro atoms. The summed E-state index contributed by atoms with van der Waals surface area (Å²) in [5.41, 5.74) is 6.32. The Morgan fingerprint density at radius 3 is 2.57 bits per heavy atom. The Labute approximate surface area is 91.8 Å². The van der Waals surface area contributed by atoms with Gasteiger partial charge in [-0.2, -0.15) is 0 Å². The molecule has 1 aromatic rings. The highest BCUT2D eigenvalue weighted by Gasteiger charge is 2.11. The maximum absolute atomic E-state index is 10.9. The highest BCUT2D eigenvalue weighted by molar-refractivity contribution is 9.09. The maximum Gasteiger partial charge on any atom is 0.235 e. The summed E-state index contributed by atoms with van der Waals surface area (Å²) >= 11 is 3.23. The first-order valence-electron chi connectivity index (χ1n) is 4.36. The van der Waals surface area contributed by atoms with Gasteiger partial charge in [0.25, 0.3) is 0 Å². The largest absolute Gasteiger partial charge is 0.368 e. The third kappa shape index (κ3) is 3.47. The van der Waals surface area contributed by atoms with Crippen molar-refractivity contribution in [2.45, 2.75) is 12.6 Å². The Kier molecular flexibility index (Phi) is 4.62. The van der Waals surface area contributed by atoms with Gasteiger partial charge < -0.3 is 11.1 Å². The molecule has 0 aromatic heterocycles. The first-order valence-corrected chi connectivity index (χ1v) is 5.48. The summed E-state index contributed by atoms with van der Waals surface area (Å²) in [6, 6.07) is 9.57. The van der Waals surface area contributed by atoms with Gasteiger partial charge in [-0.05, 0) is 5.56 Å². The Hall–Kier alpha value is -0.870. The number of carbonyl (C=O) groups excluding carboxylic acids is 1. The van der Waals surface area contributed by atoms with E-state index in [0.717, 1.165) is 5.56 Å². The van der Waals surface area contributed by atoms with E-state index in [-0.39, 0.29) is 11.9 Å². The zero-order valence-corrected chi connectivity index (χ0v) is 9.33. The second-order valence-corrected chi connectivity index (χ2v) is 3.62. The lowest BCUT2D eigenvalue weighted by atomic mass is 10.2. The summed E-state index contributed by atoms with van der Waals surface area (Å²) in [6.07, 6.45) is 0. The molecule has 0 heterocycles. The molecule has 3 nitrogen and oxygen atoms in total. The molecule has 4 heteroatoms. The van der Waals surface area contributed by atoms with E-state index >= 15 is 0 Å². The van der Waals surface area contributed by atoms with E-state index in [9.17, 15) is 4.79 Å². The van der Waals surface area contributed by atoms with Gasteiger partial charge in [-0.1, -0.05) is 46.3 Å². The summed E-state index contributed by atoms with van der Waals surface area (Å²) in [4.78, 5) is 10.9. The minimum absolute atomic E-state index is 0.310. The lowest BCUT2D eigenvalue weighted by Gasteiger charge is -2.11. The van der Waals surface area contributed by atoms with Crippen LogP contribution in [-0.4, -0.2) is 17.3 Å². The number of halogens is 1. The van der Waals surface area contributed by atoms with Crippen molar-refractivity contribution < 1.29 is 4.79 Å². The lowest BCUT2D eigenvalue weighted by molar-refractivity contribution is -0.119. The molecular formula is C10H13BrN2O. The van der Waals surface area contributed by atoms with Crippen LogP contribution in [0.5, 0.6) is 0 Å². The summed E-state index contributed by atoms with van der Waals surface area (Å²) in [5, 5.41) is 3.60. The minimum atomic E-state index is -0.335. The molecule has 1 rings (SSSR count). The summed E-state index contributed by atoms with van der Waals surface area (Å²) < 4.78 is 0. The zero-order valence-electron chi connectivity index (χ0n) is 7.74. The number of amides is 1. The number of alkyl halides is 1. The average molecular weight is 257 g/mol. The van der Waals surface area contributed by atoms with Crippen molar-refractivity contribution >= 4 is 21.8 Å². The highest BCUT2D eigenvalue weighted by atomic mass is 79.9. The van der Waals surface area contributed by atoms with Gasteiger partial charge >= 0.3 is 0 Å². The quantitative estimate of drug-likeness (QED) is 0.774. The van der Waals surface area contributed by atoms with Crippen molar-refractivity contribution in [3.05, 3.63) is 35.9 Å². The maximum atomic E-state index is 10.9. The van der Waals surface area contributed by atoms with E-state index in [4.69, 9.17) is 5.73 Å². The van der Waals surface area contributed by atoms with Crippen molar-refractivity contribution in [1.82, 2.24) is 5.32 Å². The van der Waals surface area contributed by atoms with Gasteiger partial charge in [0, 0.05) is 11.9 Å². The number of nitrogens with two attached hydrogens (primary N) is 1. The Balaban J connectivity index is 2.44. The molecule has 1 unspecified atom stereocenters. The van der Waals surface area contributed by atoms with Gasteiger partial charge in [0.1, 0.15) is 0 Å². The smallest absolute Gasteiger partial charge is 0.235 e. The van der Waals surface area contributed by atoms with Gasteiger partial charge in [-0.25, -0.2) is 0 Å². The van der Waals surface area contributed by atoms with Crippen molar-refractivity contribution in [3.8, 4) is 0 Å². The van der Waals surface area contributed by atoms with E-state index in [2.05, 4.69) is 21.2 Å². The Bertz CT molecular complexity index is 289. The fourth-order valence-corrected chi connectivity index (χ4v) is 1.62. The first-order chi connectivity index (χ1) is 6.74. The lowest BCUT2D eigenvalue weighted by Crippen LogP contribution is -2.42. The predicted octanol–water partition coefficient (Wildman–Crippen LogP) is 1.02. The van der Waals surface area contributed by atoms with E-state index in [0.29, 0.717) is 11.9 Å². The predicted molar refractivity (Wildman–Crippen MR) is 60.1 cm³/mol. The Morgan fingerprint density at radius 1 is 1.43 bits per heavy atom. The van der Waals surface area contributed by atoms with Gasteiger partial charge in [0.05, 0.1) is 6.04 Å². The van der Waals surface area contributed by atoms with Crippen molar-refractivity contribution in [1.29, 1.82) is 0 Å². The summed E-state index contributed by atoms with van der Waals surface area (Å²) in [6.45, 7) is 0.653. The molecule has 3 N–H and O–H groups in total. The van der Waals surface area contributed by atoms with Crippen LogP contribution in [-0.2, 0) is 11.3 Å². The Morgan fingerprint density at radius 2 is 2.07 bits per heavy atom. The van der Waals surface area contributed by atoms with Crippen LogP contribution < -0.4 is 11.1 Å². The molecule has 14 heavy (non-hydrogen) atoms. The normalized spacial score (nSPS) is 12.4. The molecule has 0 aliphatic heterocycles. The molecule has 0 aliphatic carbocycles. The summed E-state index contributed by atoms with van der Waals surface area (Å²) in [5.74, 6) is -0.335. The van der Waals surface area contributed by atoms with Crippen LogP contribution in [0, 0.1) is 0 Å². The zero-order chi connectivity index (χ0) is 10.4. The van der Waals surface area contributed by atoms with Crippen LogP contribution in [0.4, 0.5) is 0 Å². The molecule has 0 saturated heterocycles. The fraction of sp³-hybridized carbons (Fsp3) is 0.300. The minimum Gasteiger partial charge on any atom is -0.368 e. The molecule has 1 atom stereocenters.